The molecule has 3 rings (SSSR count). The van der Waals surface area contributed by atoms with Crippen LogP contribution in [0.1, 0.15) is 44.7 Å². The van der Waals surface area contributed by atoms with E-state index in [1.54, 1.807) is 11.8 Å². The van der Waals surface area contributed by atoms with Crippen molar-refractivity contribution < 1.29 is 9.53 Å². The molecule has 1 N–H and O–H groups in total. The van der Waals surface area contributed by atoms with Crippen LogP contribution in [0.4, 0.5) is 0 Å². The van der Waals surface area contributed by atoms with Gasteiger partial charge < -0.3 is 9.72 Å². The van der Waals surface area contributed by atoms with E-state index in [2.05, 4.69) is 16.9 Å². The molecule has 2 atom stereocenters. The maximum Gasteiger partial charge on any atom is 0.306 e. The molecule has 2 fully saturated rings. The molecule has 104 valence electrons. The number of carbonyl (C=O) groups is 1. The molecule has 4 nitrogen and oxygen atoms in total. The normalized spacial score (nSPS) is 30.2. The predicted octanol–water partition coefficient (Wildman–Crippen LogP) is 2.94. The number of H-pyrrole nitrogens is 1. The van der Waals surface area contributed by atoms with Crippen molar-refractivity contribution in [2.45, 2.75) is 56.2 Å². The van der Waals surface area contributed by atoms with E-state index >= 15 is 0 Å². The first-order chi connectivity index (χ1) is 9.22. The molecule has 2 heterocycles. The Labute approximate surface area is 117 Å². The molecule has 0 aromatic carbocycles. The number of nitrogens with one attached hydrogen (secondary N) is 1. The summed E-state index contributed by atoms with van der Waals surface area (Å²) in [6.45, 7) is 2.11. The van der Waals surface area contributed by atoms with Crippen LogP contribution in [-0.2, 0) is 16.0 Å². The second-order valence-electron chi connectivity index (χ2n) is 5.54. The van der Waals surface area contributed by atoms with Gasteiger partial charge in [-0.15, -0.1) is 0 Å². The van der Waals surface area contributed by atoms with Crippen molar-refractivity contribution >= 4 is 17.7 Å². The summed E-state index contributed by atoms with van der Waals surface area (Å²) in [5, 5.41) is 0.943. The quantitative estimate of drug-likeness (QED) is 0.680. The number of aromatic amines is 1. The smallest absolute Gasteiger partial charge is 0.306 e. The maximum absolute atomic E-state index is 11.6. The number of esters is 1. The molecular formula is C14H20N2O2S. The van der Waals surface area contributed by atoms with E-state index < -0.39 is 0 Å². The van der Waals surface area contributed by atoms with Crippen LogP contribution in [0.25, 0.3) is 0 Å². The summed E-state index contributed by atoms with van der Waals surface area (Å²) in [5.41, 5.74) is 0.933. The van der Waals surface area contributed by atoms with E-state index in [4.69, 9.17) is 4.74 Å². The van der Waals surface area contributed by atoms with Crippen LogP contribution in [0.15, 0.2) is 11.4 Å². The molecule has 1 saturated carbocycles. The first kappa shape index (κ1) is 13.0. The molecule has 1 aliphatic carbocycles. The first-order valence-corrected chi connectivity index (χ1v) is 8.09. The third-order valence-corrected chi connectivity index (χ3v) is 5.43. The van der Waals surface area contributed by atoms with Gasteiger partial charge in [-0.1, -0.05) is 25.1 Å². The Morgan fingerprint density at radius 1 is 1.58 bits per heavy atom. The van der Waals surface area contributed by atoms with Crippen molar-refractivity contribution in [1.29, 1.82) is 0 Å². The topological polar surface area (TPSA) is 55.0 Å². The lowest BCUT2D eigenvalue weighted by atomic mass is 9.76. The second kappa shape index (κ2) is 5.19. The van der Waals surface area contributed by atoms with Crippen molar-refractivity contribution in [2.24, 2.45) is 5.92 Å². The van der Waals surface area contributed by atoms with Crippen LogP contribution in [-0.4, -0.2) is 27.3 Å². The molecular weight excluding hydrogens is 260 g/mol. The van der Waals surface area contributed by atoms with Crippen LogP contribution < -0.4 is 0 Å². The first-order valence-electron chi connectivity index (χ1n) is 7.10. The summed E-state index contributed by atoms with van der Waals surface area (Å²) in [6, 6.07) is 0. The van der Waals surface area contributed by atoms with Gasteiger partial charge in [0.15, 0.2) is 5.16 Å². The van der Waals surface area contributed by atoms with Crippen molar-refractivity contribution in [3.63, 3.8) is 0 Å². The number of thioether (sulfide) groups is 1. The minimum Gasteiger partial charge on any atom is -0.458 e. The zero-order chi connectivity index (χ0) is 13.3. The number of hydrogen-bond acceptors (Lipinski definition) is 4. The summed E-state index contributed by atoms with van der Waals surface area (Å²) in [5.74, 6) is 1.24. The Bertz CT molecular complexity index is 474. The van der Waals surface area contributed by atoms with E-state index in [1.165, 1.54) is 12.8 Å². The van der Waals surface area contributed by atoms with Gasteiger partial charge in [0.25, 0.3) is 0 Å². The molecule has 0 radical (unpaired) electrons. The highest BCUT2D eigenvalue weighted by Gasteiger charge is 2.50. The van der Waals surface area contributed by atoms with Gasteiger partial charge in [0.2, 0.25) is 0 Å². The molecule has 1 aliphatic heterocycles. The molecule has 0 spiro atoms. The molecule has 1 saturated heterocycles. The fraction of sp³-hybridized carbons (Fsp3) is 0.714. The zero-order valence-corrected chi connectivity index (χ0v) is 12.1. The van der Waals surface area contributed by atoms with Crippen molar-refractivity contribution in [3.8, 4) is 0 Å². The van der Waals surface area contributed by atoms with Crippen LogP contribution in [0.3, 0.4) is 0 Å². The van der Waals surface area contributed by atoms with Crippen molar-refractivity contribution in [3.05, 3.63) is 11.9 Å². The molecule has 1 aromatic rings. The van der Waals surface area contributed by atoms with E-state index in [-0.39, 0.29) is 11.6 Å². The number of nitrogens with zero attached hydrogens (tertiary/aromatic N) is 1. The van der Waals surface area contributed by atoms with Gasteiger partial charge in [0.1, 0.15) is 5.60 Å². The predicted molar refractivity (Wildman–Crippen MR) is 74.1 cm³/mol. The molecule has 0 amide bonds. The minimum absolute atomic E-state index is 0.0128. The number of rotatable bonds is 4. The van der Waals surface area contributed by atoms with Crippen LogP contribution in [0.2, 0.25) is 0 Å². The third-order valence-electron chi connectivity index (χ3n) is 4.32. The lowest BCUT2D eigenvalue weighted by molar-refractivity contribution is -0.148. The highest BCUT2D eigenvalue weighted by Crippen LogP contribution is 2.46. The van der Waals surface area contributed by atoms with Crippen LogP contribution >= 0.6 is 11.8 Å². The molecule has 2 aliphatic rings. The minimum atomic E-state index is -0.223. The maximum atomic E-state index is 11.6. The fourth-order valence-corrected chi connectivity index (χ4v) is 4.33. The van der Waals surface area contributed by atoms with Crippen LogP contribution in [0, 0.1) is 5.92 Å². The van der Waals surface area contributed by atoms with E-state index in [1.807, 2.05) is 6.20 Å². The molecule has 19 heavy (non-hydrogen) atoms. The molecule has 0 bridgehead atoms. The van der Waals surface area contributed by atoms with Crippen molar-refractivity contribution in [2.75, 3.05) is 5.75 Å². The summed E-state index contributed by atoms with van der Waals surface area (Å²) in [6.07, 6.45) is 8.01. The van der Waals surface area contributed by atoms with E-state index in [0.717, 1.165) is 35.9 Å². The number of aryl methyl sites for hydroxylation is 1. The largest absolute Gasteiger partial charge is 0.458 e. The van der Waals surface area contributed by atoms with E-state index in [0.29, 0.717) is 12.3 Å². The van der Waals surface area contributed by atoms with Gasteiger partial charge in [-0.2, -0.15) is 0 Å². The van der Waals surface area contributed by atoms with Gasteiger partial charge in [0, 0.05) is 23.6 Å². The average molecular weight is 280 g/mol. The Balaban J connectivity index is 1.68. The Morgan fingerprint density at radius 3 is 3.26 bits per heavy atom. The Hall–Kier alpha value is -0.970. The van der Waals surface area contributed by atoms with Crippen LogP contribution in [0.5, 0.6) is 0 Å². The number of imidazole rings is 1. The third kappa shape index (κ3) is 2.53. The average Bonchev–Trinajstić information content (AvgIpc) is 2.99. The summed E-state index contributed by atoms with van der Waals surface area (Å²) in [4.78, 5) is 19.3. The number of ether oxygens (including phenoxy) is 1. The summed E-state index contributed by atoms with van der Waals surface area (Å²) < 4.78 is 5.71. The molecule has 1 aromatic heterocycles. The van der Waals surface area contributed by atoms with Gasteiger partial charge in [-0.05, 0) is 25.7 Å². The Kier molecular flexibility index (Phi) is 3.56. The second-order valence-corrected chi connectivity index (χ2v) is 6.51. The molecule has 0 unspecified atom stereocenters. The molecule has 5 heteroatoms. The lowest BCUT2D eigenvalue weighted by Gasteiger charge is -2.36. The standard InChI is InChI=1S/C14H20N2O2S/c1-2-11-8-15-13(16-11)19-9-14-6-4-3-5-10(14)7-12(17)18-14/h8,10H,2-7,9H2,1H3,(H,15,16)/t10-,14+/m0/s1. The van der Waals surface area contributed by atoms with E-state index in [9.17, 15) is 4.79 Å². The summed E-state index contributed by atoms with van der Waals surface area (Å²) in [7, 11) is 0. The number of aromatic nitrogens is 2. The fourth-order valence-electron chi connectivity index (χ4n) is 3.18. The highest BCUT2D eigenvalue weighted by atomic mass is 32.2. The number of fused-ring (bicyclic) bond motifs is 1. The summed E-state index contributed by atoms with van der Waals surface area (Å²) >= 11 is 1.69. The Morgan fingerprint density at radius 2 is 2.47 bits per heavy atom. The van der Waals surface area contributed by atoms with Crippen molar-refractivity contribution in [1.82, 2.24) is 9.97 Å². The lowest BCUT2D eigenvalue weighted by Crippen LogP contribution is -2.40. The number of hydrogen-bond donors (Lipinski definition) is 1. The van der Waals surface area contributed by atoms with Gasteiger partial charge in [-0.3, -0.25) is 4.79 Å². The number of carbonyl (C=O) groups excluding carboxylic acids is 1. The van der Waals surface area contributed by atoms with Gasteiger partial charge >= 0.3 is 5.97 Å². The zero-order valence-electron chi connectivity index (χ0n) is 11.3. The highest BCUT2D eigenvalue weighted by molar-refractivity contribution is 7.99. The monoisotopic (exact) mass is 280 g/mol. The van der Waals surface area contributed by atoms with Gasteiger partial charge in [0.05, 0.1) is 6.42 Å². The SMILES string of the molecule is CCc1cnc(SC[C@]23CCCC[C@H]2CC(=O)O3)[nH]1. The van der Waals surface area contributed by atoms with Gasteiger partial charge in [-0.25, -0.2) is 4.98 Å².